The van der Waals surface area contributed by atoms with Crippen molar-refractivity contribution in [3.05, 3.63) is 54.1 Å². The summed E-state index contributed by atoms with van der Waals surface area (Å²) in [4.78, 5) is 12.3. The van der Waals surface area contributed by atoms with Gasteiger partial charge in [0.15, 0.2) is 11.5 Å². The standard InChI is InChI=1S/C20H17N5O3/c1-3-12-28-17-10-8-14(13-18(17)27-2)9-11-19(26)21-16-7-5-4-6-15(16)20-22-24-25-23-20/h1,4-11,13H,12H2,2H3,(H,21,26)(H,22,23,24,25)/b11-9+. The Bertz CT molecular complexity index is 1020. The molecule has 0 fully saturated rings. The zero-order valence-electron chi connectivity index (χ0n) is 15.0. The van der Waals surface area contributed by atoms with E-state index in [0.717, 1.165) is 5.56 Å². The molecule has 0 aliphatic carbocycles. The lowest BCUT2D eigenvalue weighted by molar-refractivity contribution is -0.111. The minimum Gasteiger partial charge on any atom is -0.493 e. The van der Waals surface area contributed by atoms with Crippen LogP contribution in [0.3, 0.4) is 0 Å². The number of nitrogens with zero attached hydrogens (tertiary/aromatic N) is 3. The minimum absolute atomic E-state index is 0.147. The van der Waals surface area contributed by atoms with Crippen molar-refractivity contribution in [3.63, 3.8) is 0 Å². The molecule has 0 aliphatic rings. The van der Waals surface area contributed by atoms with Gasteiger partial charge in [0.05, 0.1) is 12.8 Å². The number of amides is 1. The van der Waals surface area contributed by atoms with Gasteiger partial charge in [0.25, 0.3) is 0 Å². The normalized spacial score (nSPS) is 10.4. The number of terminal acetylenes is 1. The van der Waals surface area contributed by atoms with Crippen LogP contribution in [0, 0.1) is 12.3 Å². The van der Waals surface area contributed by atoms with Crippen LogP contribution in [0.2, 0.25) is 0 Å². The molecule has 2 aromatic carbocycles. The number of ether oxygens (including phenoxy) is 2. The number of anilines is 1. The zero-order valence-corrected chi connectivity index (χ0v) is 15.0. The molecule has 0 spiro atoms. The number of para-hydroxylation sites is 1. The Kier molecular flexibility index (Phi) is 6.00. The second kappa shape index (κ2) is 9.00. The van der Waals surface area contributed by atoms with Crippen LogP contribution >= 0.6 is 0 Å². The Morgan fingerprint density at radius 1 is 1.29 bits per heavy atom. The van der Waals surface area contributed by atoms with E-state index in [1.54, 1.807) is 36.4 Å². The lowest BCUT2D eigenvalue weighted by atomic mass is 10.1. The number of hydrogen-bond donors (Lipinski definition) is 2. The molecule has 1 heterocycles. The summed E-state index contributed by atoms with van der Waals surface area (Å²) in [6.07, 6.45) is 8.29. The molecule has 0 bridgehead atoms. The van der Waals surface area contributed by atoms with Crippen LogP contribution in [-0.4, -0.2) is 40.2 Å². The second-order valence-electron chi connectivity index (χ2n) is 5.51. The summed E-state index contributed by atoms with van der Waals surface area (Å²) in [7, 11) is 1.53. The third-order valence-electron chi connectivity index (χ3n) is 3.70. The van der Waals surface area contributed by atoms with Crippen LogP contribution in [0.25, 0.3) is 17.5 Å². The second-order valence-corrected chi connectivity index (χ2v) is 5.51. The molecule has 8 heteroatoms. The molecule has 8 nitrogen and oxygen atoms in total. The number of H-pyrrole nitrogens is 1. The van der Waals surface area contributed by atoms with Crippen LogP contribution in [0.1, 0.15) is 5.56 Å². The van der Waals surface area contributed by atoms with Crippen LogP contribution < -0.4 is 14.8 Å². The smallest absolute Gasteiger partial charge is 0.248 e. The van der Waals surface area contributed by atoms with E-state index in [4.69, 9.17) is 15.9 Å². The highest BCUT2D eigenvalue weighted by Gasteiger charge is 2.10. The lowest BCUT2D eigenvalue weighted by Gasteiger charge is -2.09. The topological polar surface area (TPSA) is 102 Å². The van der Waals surface area contributed by atoms with Crippen molar-refractivity contribution in [2.45, 2.75) is 0 Å². The van der Waals surface area contributed by atoms with Crippen LogP contribution in [0.4, 0.5) is 5.69 Å². The first-order chi connectivity index (χ1) is 13.7. The van der Waals surface area contributed by atoms with Gasteiger partial charge < -0.3 is 14.8 Å². The number of aromatic nitrogens is 4. The summed E-state index contributed by atoms with van der Waals surface area (Å²) in [6.45, 7) is 0.147. The monoisotopic (exact) mass is 375 g/mol. The number of nitrogens with one attached hydrogen (secondary N) is 2. The summed E-state index contributed by atoms with van der Waals surface area (Å²) in [6, 6.07) is 12.5. The maximum Gasteiger partial charge on any atom is 0.248 e. The van der Waals surface area contributed by atoms with Gasteiger partial charge in [-0.05, 0) is 41.1 Å². The van der Waals surface area contributed by atoms with Crippen LogP contribution in [-0.2, 0) is 4.79 Å². The Balaban J connectivity index is 1.72. The zero-order chi connectivity index (χ0) is 19.8. The third-order valence-corrected chi connectivity index (χ3v) is 3.70. The predicted octanol–water partition coefficient (Wildman–Crippen LogP) is 2.54. The van der Waals surface area contributed by atoms with Crippen molar-refractivity contribution in [1.82, 2.24) is 20.6 Å². The molecule has 28 heavy (non-hydrogen) atoms. The molecule has 0 radical (unpaired) electrons. The van der Waals surface area contributed by atoms with Gasteiger partial charge in [0.2, 0.25) is 11.7 Å². The highest BCUT2D eigenvalue weighted by molar-refractivity contribution is 6.03. The molecule has 0 saturated heterocycles. The molecular weight excluding hydrogens is 358 g/mol. The summed E-state index contributed by atoms with van der Waals surface area (Å²) >= 11 is 0. The van der Waals surface area contributed by atoms with Gasteiger partial charge in [-0.15, -0.1) is 16.6 Å². The van der Waals surface area contributed by atoms with Gasteiger partial charge in [0, 0.05) is 11.6 Å². The summed E-state index contributed by atoms with van der Waals surface area (Å²) in [5.41, 5.74) is 2.01. The number of hydrogen-bond acceptors (Lipinski definition) is 6. The molecule has 3 aromatic rings. The fraction of sp³-hybridized carbons (Fsp3) is 0.100. The van der Waals surface area contributed by atoms with Crippen molar-refractivity contribution in [3.8, 4) is 35.2 Å². The number of carbonyl (C=O) groups excluding carboxylic acids is 1. The maximum absolute atomic E-state index is 12.3. The molecule has 1 aromatic heterocycles. The highest BCUT2D eigenvalue weighted by Crippen LogP contribution is 2.28. The van der Waals surface area contributed by atoms with Gasteiger partial charge in [-0.25, -0.2) is 0 Å². The third kappa shape index (κ3) is 4.53. The van der Waals surface area contributed by atoms with Crippen molar-refractivity contribution in [1.29, 1.82) is 0 Å². The molecule has 3 rings (SSSR count). The van der Waals surface area contributed by atoms with E-state index in [1.165, 1.54) is 13.2 Å². The van der Waals surface area contributed by atoms with E-state index < -0.39 is 0 Å². The van der Waals surface area contributed by atoms with Gasteiger partial charge in [-0.3, -0.25) is 4.79 Å². The summed E-state index contributed by atoms with van der Waals surface area (Å²) in [5, 5.41) is 16.6. The molecule has 0 unspecified atom stereocenters. The number of methoxy groups -OCH3 is 1. The molecule has 0 saturated carbocycles. The van der Waals surface area contributed by atoms with Gasteiger partial charge >= 0.3 is 0 Å². The van der Waals surface area contributed by atoms with Crippen molar-refractivity contribution < 1.29 is 14.3 Å². The van der Waals surface area contributed by atoms with Crippen molar-refractivity contribution in [2.75, 3.05) is 19.0 Å². The van der Waals surface area contributed by atoms with E-state index in [1.807, 2.05) is 12.1 Å². The largest absolute Gasteiger partial charge is 0.493 e. The van der Waals surface area contributed by atoms with Gasteiger partial charge in [0.1, 0.15) is 6.61 Å². The van der Waals surface area contributed by atoms with Gasteiger partial charge in [-0.2, -0.15) is 5.21 Å². The van der Waals surface area contributed by atoms with Crippen molar-refractivity contribution >= 4 is 17.7 Å². The minimum atomic E-state index is -0.303. The number of rotatable bonds is 7. The van der Waals surface area contributed by atoms with E-state index in [0.29, 0.717) is 28.6 Å². The van der Waals surface area contributed by atoms with Crippen LogP contribution in [0.5, 0.6) is 11.5 Å². The number of benzene rings is 2. The quantitative estimate of drug-likeness (QED) is 0.486. The maximum atomic E-state index is 12.3. The predicted molar refractivity (Wildman–Crippen MR) is 105 cm³/mol. The number of tetrazole rings is 1. The van der Waals surface area contributed by atoms with E-state index in [2.05, 4.69) is 31.9 Å². The van der Waals surface area contributed by atoms with E-state index >= 15 is 0 Å². The molecule has 1 amide bonds. The highest BCUT2D eigenvalue weighted by atomic mass is 16.5. The van der Waals surface area contributed by atoms with E-state index in [-0.39, 0.29) is 12.5 Å². The molecular formula is C20H17N5O3. The van der Waals surface area contributed by atoms with Crippen LogP contribution in [0.15, 0.2) is 48.5 Å². The van der Waals surface area contributed by atoms with E-state index in [9.17, 15) is 4.79 Å². The Labute approximate surface area is 161 Å². The first-order valence-corrected chi connectivity index (χ1v) is 8.27. The first kappa shape index (κ1) is 18.7. The molecule has 0 atom stereocenters. The number of aromatic amines is 1. The Hall–Kier alpha value is -4.12. The fourth-order valence-corrected chi connectivity index (χ4v) is 2.44. The Morgan fingerprint density at radius 3 is 2.89 bits per heavy atom. The first-order valence-electron chi connectivity index (χ1n) is 8.27. The summed E-state index contributed by atoms with van der Waals surface area (Å²) < 4.78 is 10.7. The molecule has 0 aliphatic heterocycles. The fourth-order valence-electron chi connectivity index (χ4n) is 2.44. The average molecular weight is 375 g/mol. The van der Waals surface area contributed by atoms with Crippen molar-refractivity contribution in [2.24, 2.45) is 0 Å². The molecule has 2 N–H and O–H groups in total. The van der Waals surface area contributed by atoms with Gasteiger partial charge in [-0.1, -0.05) is 24.1 Å². The number of carbonyl (C=O) groups is 1. The average Bonchev–Trinajstić information content (AvgIpc) is 3.26. The lowest BCUT2D eigenvalue weighted by Crippen LogP contribution is -2.09. The Morgan fingerprint density at radius 2 is 2.14 bits per heavy atom. The summed E-state index contributed by atoms with van der Waals surface area (Å²) in [5.74, 6) is 3.56. The molecule has 140 valence electrons. The SMILES string of the molecule is C#CCOc1ccc(/C=C/C(=O)Nc2ccccc2-c2nn[nH]n2)cc1OC.